The van der Waals surface area contributed by atoms with E-state index < -0.39 is 0 Å². The number of nitrogen functional groups attached to an aromatic ring is 2. The Morgan fingerprint density at radius 2 is 1.75 bits per heavy atom. The van der Waals surface area contributed by atoms with Crippen LogP contribution in [0.2, 0.25) is 0 Å². The van der Waals surface area contributed by atoms with Crippen molar-refractivity contribution in [3.63, 3.8) is 0 Å². The number of anilines is 3. The summed E-state index contributed by atoms with van der Waals surface area (Å²) in [6, 6.07) is 7.73. The van der Waals surface area contributed by atoms with Gasteiger partial charge in [0.25, 0.3) is 0 Å². The average molecular weight is 269 g/mol. The average Bonchev–Trinajstić information content (AvgIpc) is 2.48. The van der Waals surface area contributed by atoms with E-state index >= 15 is 0 Å². The number of pyridine rings is 2. The van der Waals surface area contributed by atoms with Crippen LogP contribution in [0.25, 0.3) is 11.1 Å². The first-order chi connectivity index (χ1) is 9.74. The Hall–Kier alpha value is -2.30. The van der Waals surface area contributed by atoms with E-state index in [0.717, 1.165) is 30.0 Å². The maximum atomic E-state index is 5.90. The van der Waals surface area contributed by atoms with Crippen LogP contribution in [0.15, 0.2) is 30.5 Å². The molecule has 20 heavy (non-hydrogen) atoms. The monoisotopic (exact) mass is 269 g/mol. The molecule has 0 aliphatic carbocycles. The van der Waals surface area contributed by atoms with Crippen LogP contribution in [0.1, 0.15) is 19.3 Å². The van der Waals surface area contributed by atoms with Gasteiger partial charge in [0.1, 0.15) is 17.5 Å². The second kappa shape index (κ2) is 5.36. The molecule has 0 atom stereocenters. The minimum absolute atomic E-state index is 0.434. The molecule has 1 aliphatic rings. The van der Waals surface area contributed by atoms with Crippen LogP contribution in [0.4, 0.5) is 17.5 Å². The third-order valence-corrected chi connectivity index (χ3v) is 3.69. The van der Waals surface area contributed by atoms with Gasteiger partial charge in [-0.15, -0.1) is 0 Å². The fraction of sp³-hybridized carbons (Fsp3) is 0.333. The van der Waals surface area contributed by atoms with E-state index in [0.29, 0.717) is 11.6 Å². The highest BCUT2D eigenvalue weighted by Crippen LogP contribution is 2.26. The lowest BCUT2D eigenvalue weighted by Gasteiger charge is -2.27. The van der Waals surface area contributed by atoms with Crippen molar-refractivity contribution in [3.8, 4) is 11.1 Å². The summed E-state index contributed by atoms with van der Waals surface area (Å²) in [6.45, 7) is 2.19. The first kappa shape index (κ1) is 12.7. The van der Waals surface area contributed by atoms with Gasteiger partial charge in [-0.1, -0.05) is 0 Å². The highest BCUT2D eigenvalue weighted by Gasteiger charge is 2.12. The molecule has 104 valence electrons. The van der Waals surface area contributed by atoms with Crippen molar-refractivity contribution in [2.45, 2.75) is 19.3 Å². The minimum Gasteiger partial charge on any atom is -0.384 e. The van der Waals surface area contributed by atoms with Gasteiger partial charge < -0.3 is 16.4 Å². The van der Waals surface area contributed by atoms with Gasteiger partial charge in [0.15, 0.2) is 0 Å². The molecule has 0 saturated carbocycles. The molecule has 5 heteroatoms. The number of hydrogen-bond donors (Lipinski definition) is 2. The molecule has 0 spiro atoms. The van der Waals surface area contributed by atoms with E-state index in [9.17, 15) is 0 Å². The Labute approximate surface area is 118 Å². The predicted octanol–water partition coefficient (Wildman–Crippen LogP) is 2.30. The van der Waals surface area contributed by atoms with Gasteiger partial charge in [-0.3, -0.25) is 0 Å². The van der Waals surface area contributed by atoms with Gasteiger partial charge in [-0.05, 0) is 43.5 Å². The van der Waals surface area contributed by atoms with Crippen molar-refractivity contribution < 1.29 is 0 Å². The second-order valence-electron chi connectivity index (χ2n) is 5.12. The van der Waals surface area contributed by atoms with Gasteiger partial charge in [-0.25, -0.2) is 9.97 Å². The van der Waals surface area contributed by atoms with Crippen LogP contribution in [-0.4, -0.2) is 23.1 Å². The summed E-state index contributed by atoms with van der Waals surface area (Å²) in [5.41, 5.74) is 13.4. The van der Waals surface area contributed by atoms with Crippen LogP contribution in [0, 0.1) is 0 Å². The van der Waals surface area contributed by atoms with E-state index in [1.807, 2.05) is 18.3 Å². The summed E-state index contributed by atoms with van der Waals surface area (Å²) in [7, 11) is 0. The van der Waals surface area contributed by atoms with Crippen molar-refractivity contribution in [2.24, 2.45) is 0 Å². The molecule has 3 heterocycles. The molecule has 1 saturated heterocycles. The zero-order valence-corrected chi connectivity index (χ0v) is 11.4. The van der Waals surface area contributed by atoms with Gasteiger partial charge in [-0.2, -0.15) is 0 Å². The minimum atomic E-state index is 0.434. The van der Waals surface area contributed by atoms with Crippen molar-refractivity contribution in [1.29, 1.82) is 0 Å². The van der Waals surface area contributed by atoms with Gasteiger partial charge in [0, 0.05) is 30.4 Å². The van der Waals surface area contributed by atoms with E-state index in [2.05, 4.69) is 20.9 Å². The Kier molecular flexibility index (Phi) is 3.41. The number of aromatic nitrogens is 2. The maximum absolute atomic E-state index is 5.90. The molecule has 0 bridgehead atoms. The number of nitrogens with zero attached hydrogens (tertiary/aromatic N) is 3. The zero-order chi connectivity index (χ0) is 13.9. The van der Waals surface area contributed by atoms with Crippen molar-refractivity contribution in [3.05, 3.63) is 30.5 Å². The summed E-state index contributed by atoms with van der Waals surface area (Å²) in [6.07, 6.45) is 5.67. The molecular weight excluding hydrogens is 250 g/mol. The van der Waals surface area contributed by atoms with Crippen molar-refractivity contribution in [2.75, 3.05) is 29.5 Å². The number of piperidine rings is 1. The molecule has 1 aliphatic heterocycles. The quantitative estimate of drug-likeness (QED) is 0.874. The van der Waals surface area contributed by atoms with Gasteiger partial charge >= 0.3 is 0 Å². The zero-order valence-electron chi connectivity index (χ0n) is 11.4. The van der Waals surface area contributed by atoms with Crippen LogP contribution in [0.5, 0.6) is 0 Å². The van der Waals surface area contributed by atoms with E-state index in [4.69, 9.17) is 11.5 Å². The summed E-state index contributed by atoms with van der Waals surface area (Å²) >= 11 is 0. The molecule has 0 unspecified atom stereocenters. The fourth-order valence-corrected chi connectivity index (χ4v) is 2.59. The van der Waals surface area contributed by atoms with E-state index in [1.54, 1.807) is 6.07 Å². The highest BCUT2D eigenvalue weighted by molar-refractivity contribution is 5.74. The summed E-state index contributed by atoms with van der Waals surface area (Å²) in [5.74, 6) is 1.91. The SMILES string of the molecule is Nc1ccc(-c2ccc(N3CCCCC3)nc2)c(N)n1. The Bertz CT molecular complexity index is 588. The molecule has 5 nitrogen and oxygen atoms in total. The van der Waals surface area contributed by atoms with Crippen LogP contribution < -0.4 is 16.4 Å². The Morgan fingerprint density at radius 1 is 0.950 bits per heavy atom. The molecule has 2 aromatic heterocycles. The molecule has 0 radical (unpaired) electrons. The second-order valence-corrected chi connectivity index (χ2v) is 5.12. The van der Waals surface area contributed by atoms with Crippen molar-refractivity contribution >= 4 is 17.5 Å². The topological polar surface area (TPSA) is 81.1 Å². The third kappa shape index (κ3) is 2.52. The Morgan fingerprint density at radius 3 is 2.40 bits per heavy atom. The maximum Gasteiger partial charge on any atom is 0.133 e. The largest absolute Gasteiger partial charge is 0.384 e. The summed E-state index contributed by atoms with van der Waals surface area (Å²) in [5, 5.41) is 0. The lowest BCUT2D eigenvalue weighted by Crippen LogP contribution is -2.29. The standard InChI is InChI=1S/C15H19N5/c16-13-6-5-12(15(17)19-13)11-4-7-14(18-10-11)20-8-2-1-3-9-20/h4-7,10H,1-3,8-9H2,(H4,16,17,19). The molecule has 1 fully saturated rings. The van der Waals surface area contributed by atoms with Gasteiger partial charge in [0.05, 0.1) is 0 Å². The van der Waals surface area contributed by atoms with Crippen LogP contribution in [0.3, 0.4) is 0 Å². The summed E-state index contributed by atoms with van der Waals surface area (Å²) < 4.78 is 0. The first-order valence-corrected chi connectivity index (χ1v) is 6.97. The molecule has 0 amide bonds. The number of hydrogen-bond acceptors (Lipinski definition) is 5. The van der Waals surface area contributed by atoms with E-state index in [1.165, 1.54) is 19.3 Å². The molecular formula is C15H19N5. The lowest BCUT2D eigenvalue weighted by atomic mass is 10.1. The summed E-state index contributed by atoms with van der Waals surface area (Å²) in [4.78, 5) is 11.0. The van der Waals surface area contributed by atoms with Crippen LogP contribution >= 0.6 is 0 Å². The molecule has 4 N–H and O–H groups in total. The smallest absolute Gasteiger partial charge is 0.133 e. The highest BCUT2D eigenvalue weighted by atomic mass is 15.2. The number of nitrogens with two attached hydrogens (primary N) is 2. The molecule has 3 rings (SSSR count). The lowest BCUT2D eigenvalue weighted by molar-refractivity contribution is 0.573. The fourth-order valence-electron chi connectivity index (χ4n) is 2.59. The predicted molar refractivity (Wildman–Crippen MR) is 82.4 cm³/mol. The van der Waals surface area contributed by atoms with Crippen LogP contribution in [-0.2, 0) is 0 Å². The van der Waals surface area contributed by atoms with Gasteiger partial charge in [0.2, 0.25) is 0 Å². The number of rotatable bonds is 2. The third-order valence-electron chi connectivity index (χ3n) is 3.69. The first-order valence-electron chi connectivity index (χ1n) is 6.97. The molecule has 2 aromatic rings. The molecule has 0 aromatic carbocycles. The van der Waals surface area contributed by atoms with E-state index in [-0.39, 0.29) is 0 Å². The Balaban J connectivity index is 1.85. The normalized spacial score (nSPS) is 15.3. The van der Waals surface area contributed by atoms with Crippen molar-refractivity contribution in [1.82, 2.24) is 9.97 Å².